The topological polar surface area (TPSA) is 57.5 Å². The predicted octanol–water partition coefficient (Wildman–Crippen LogP) is -0.326. The third-order valence-corrected chi connectivity index (χ3v) is 0. The molecule has 0 amide bonds. The van der Waals surface area contributed by atoms with E-state index in [1.807, 2.05) is 0 Å². The van der Waals surface area contributed by atoms with Crippen molar-refractivity contribution in [1.29, 1.82) is 0 Å². The monoisotopic (exact) mass is 374 g/mol. The van der Waals surface area contributed by atoms with Gasteiger partial charge in [-0.15, -0.1) is 0 Å². The Bertz CT molecular complexity index is 96.1. The second-order valence-corrected chi connectivity index (χ2v) is 2.65. The van der Waals surface area contributed by atoms with Gasteiger partial charge in [-0.2, -0.15) is 4.21 Å². The van der Waals surface area contributed by atoms with Crippen molar-refractivity contribution in [3.05, 3.63) is 0 Å². The van der Waals surface area contributed by atoms with Crippen molar-refractivity contribution in [2.75, 3.05) is 0 Å². The number of hydrogen-bond donors (Lipinski definition) is 2. The van der Waals surface area contributed by atoms with Crippen molar-refractivity contribution >= 4 is 20.2 Å². The SMILES string of the molecule is O=S(O)(O)=S.[Au].[Cu]. The average Bonchev–Trinajstić information content (AvgIpc) is 0.722. The van der Waals surface area contributed by atoms with Crippen LogP contribution >= 0.6 is 0 Å². The summed E-state index contributed by atoms with van der Waals surface area (Å²) in [4.78, 5) is 0. The molecule has 0 saturated heterocycles. The van der Waals surface area contributed by atoms with E-state index in [0.29, 0.717) is 0 Å². The zero-order valence-electron chi connectivity index (χ0n) is 2.72. The van der Waals surface area contributed by atoms with E-state index in [-0.39, 0.29) is 39.4 Å². The van der Waals surface area contributed by atoms with Crippen LogP contribution < -0.4 is 0 Å². The van der Waals surface area contributed by atoms with Crippen molar-refractivity contribution in [3.63, 3.8) is 0 Å². The summed E-state index contributed by atoms with van der Waals surface area (Å²) in [5.41, 5.74) is 0. The van der Waals surface area contributed by atoms with Crippen LogP contribution in [0.1, 0.15) is 0 Å². The van der Waals surface area contributed by atoms with Crippen LogP contribution in [0.2, 0.25) is 0 Å². The third kappa shape index (κ3) is 96.8. The summed E-state index contributed by atoms with van der Waals surface area (Å²) in [5, 5.41) is 0. The molecule has 0 spiro atoms. The second kappa shape index (κ2) is 5.68. The second-order valence-electron chi connectivity index (χ2n) is 0.448. The molecule has 0 aliphatic carbocycles. The third-order valence-electron chi connectivity index (χ3n) is 0. The summed E-state index contributed by atoms with van der Waals surface area (Å²) in [6.07, 6.45) is 0. The van der Waals surface area contributed by atoms with Gasteiger partial charge in [-0.05, 0) is 0 Å². The Hall–Kier alpha value is 1.55. The predicted molar refractivity (Wildman–Crippen MR) is 20.8 cm³/mol. The molecule has 0 aliphatic rings. The van der Waals surface area contributed by atoms with Crippen molar-refractivity contribution in [1.82, 2.24) is 0 Å². The molecular formula is H2AuCuO3S2. The van der Waals surface area contributed by atoms with E-state index < -0.39 is 9.05 Å². The van der Waals surface area contributed by atoms with E-state index >= 15 is 0 Å². The Kier molecular flexibility index (Phi) is 12.8. The Morgan fingerprint density at radius 2 is 1.43 bits per heavy atom. The van der Waals surface area contributed by atoms with Crippen LogP contribution in [-0.4, -0.2) is 13.3 Å². The minimum Gasteiger partial charge on any atom is -0.285 e. The molecule has 0 bridgehead atoms. The Morgan fingerprint density at radius 3 is 1.43 bits per heavy atom. The van der Waals surface area contributed by atoms with E-state index in [1.54, 1.807) is 0 Å². The van der Waals surface area contributed by atoms with Crippen LogP contribution in [0.15, 0.2) is 0 Å². The molecule has 0 saturated carbocycles. The van der Waals surface area contributed by atoms with Crippen LogP contribution in [0, 0.1) is 0 Å². The minimum absolute atomic E-state index is 0. The van der Waals surface area contributed by atoms with E-state index in [2.05, 4.69) is 11.2 Å². The molecule has 3 nitrogen and oxygen atoms in total. The molecule has 0 unspecified atom stereocenters. The minimum atomic E-state index is -3.83. The molecule has 0 atom stereocenters. The van der Waals surface area contributed by atoms with Gasteiger partial charge in [0, 0.05) is 50.6 Å². The molecule has 0 aromatic carbocycles. The first-order valence-corrected chi connectivity index (χ1v) is 3.10. The van der Waals surface area contributed by atoms with Gasteiger partial charge in [-0.3, -0.25) is 9.11 Å². The van der Waals surface area contributed by atoms with Gasteiger partial charge in [-0.25, -0.2) is 0 Å². The van der Waals surface area contributed by atoms with Crippen LogP contribution in [0.5, 0.6) is 0 Å². The van der Waals surface area contributed by atoms with Crippen molar-refractivity contribution in [2.45, 2.75) is 0 Å². The summed E-state index contributed by atoms with van der Waals surface area (Å²) >= 11 is 3.47. The van der Waals surface area contributed by atoms with Gasteiger partial charge >= 0.3 is 0 Å². The molecule has 54 valence electrons. The smallest absolute Gasteiger partial charge is 0.263 e. The molecule has 7 heavy (non-hydrogen) atoms. The first kappa shape index (κ1) is 15.8. The summed E-state index contributed by atoms with van der Waals surface area (Å²) < 4.78 is 24.0. The largest absolute Gasteiger partial charge is 0.285 e. The van der Waals surface area contributed by atoms with Gasteiger partial charge in [0.25, 0.3) is 9.05 Å². The molecule has 2 N–H and O–H groups in total. The van der Waals surface area contributed by atoms with E-state index in [9.17, 15) is 0 Å². The summed E-state index contributed by atoms with van der Waals surface area (Å²) in [5.74, 6) is 0. The summed E-state index contributed by atoms with van der Waals surface area (Å²) in [6, 6.07) is 0. The normalized spacial score (nSPS) is 8.29. The van der Waals surface area contributed by atoms with Gasteiger partial charge in [0.1, 0.15) is 0 Å². The number of hydrogen-bond acceptors (Lipinski definition) is 2. The summed E-state index contributed by atoms with van der Waals surface area (Å²) in [7, 11) is -3.83. The maximum Gasteiger partial charge on any atom is 0.263 e. The molecular weight excluding hydrogens is 373 g/mol. The van der Waals surface area contributed by atoms with Gasteiger partial charge in [0.05, 0.1) is 0 Å². The van der Waals surface area contributed by atoms with Crippen LogP contribution in [0.25, 0.3) is 0 Å². The van der Waals surface area contributed by atoms with Crippen molar-refractivity contribution in [3.8, 4) is 0 Å². The summed E-state index contributed by atoms with van der Waals surface area (Å²) in [6.45, 7) is 0. The quantitative estimate of drug-likeness (QED) is 0.570. The Balaban J connectivity index is -0.0000000800. The molecule has 0 heterocycles. The fraction of sp³-hybridized carbons (Fsp3) is 0. The molecule has 0 aromatic rings. The van der Waals surface area contributed by atoms with E-state index in [0.717, 1.165) is 0 Å². The van der Waals surface area contributed by atoms with E-state index in [1.165, 1.54) is 0 Å². The molecule has 7 heteroatoms. The fourth-order valence-electron chi connectivity index (χ4n) is 0. The maximum absolute atomic E-state index is 9.11. The van der Waals surface area contributed by atoms with Gasteiger partial charge in [-0.1, -0.05) is 0 Å². The molecule has 0 rings (SSSR count). The zero-order valence-corrected chi connectivity index (χ0v) is 7.46. The van der Waals surface area contributed by atoms with Crippen molar-refractivity contribution in [2.24, 2.45) is 0 Å². The van der Waals surface area contributed by atoms with Crippen LogP contribution in [0.4, 0.5) is 0 Å². The first-order valence-electron chi connectivity index (χ1n) is 0.698. The average molecular weight is 375 g/mol. The molecule has 0 aliphatic heterocycles. The molecule has 0 fully saturated rings. The standard InChI is InChI=1S/Au.Cu.H2O3S2/c;;1-5(2,3)4/h;;(H2,1,2,3,4). The Labute approximate surface area is 72.6 Å². The van der Waals surface area contributed by atoms with Gasteiger partial charge in [0.15, 0.2) is 0 Å². The molecule has 0 aromatic heterocycles. The fourth-order valence-corrected chi connectivity index (χ4v) is 0. The number of rotatable bonds is 0. The maximum atomic E-state index is 9.11. The first-order chi connectivity index (χ1) is 2.00. The van der Waals surface area contributed by atoms with E-state index in [4.69, 9.17) is 13.3 Å². The molecule has 2 radical (unpaired) electrons. The van der Waals surface area contributed by atoms with Crippen molar-refractivity contribution < 1.29 is 52.8 Å². The van der Waals surface area contributed by atoms with Gasteiger partial charge in [0.2, 0.25) is 0 Å². The van der Waals surface area contributed by atoms with Crippen LogP contribution in [0.3, 0.4) is 0 Å². The Morgan fingerprint density at radius 1 is 1.43 bits per heavy atom. The van der Waals surface area contributed by atoms with Gasteiger partial charge < -0.3 is 0 Å². The van der Waals surface area contributed by atoms with Crippen LogP contribution in [-0.2, 0) is 59.7 Å². The zero-order chi connectivity index (χ0) is 4.50.